The van der Waals surface area contributed by atoms with Crippen LogP contribution in [0.15, 0.2) is 88.4 Å². The molecule has 3 N–H and O–H groups in total. The Morgan fingerprint density at radius 2 is 1.94 bits per heavy atom. The van der Waals surface area contributed by atoms with E-state index in [-0.39, 0.29) is 11.4 Å². The van der Waals surface area contributed by atoms with E-state index < -0.39 is 5.91 Å². The topological polar surface area (TPSA) is 99.6 Å². The number of aromatic amines is 1. The number of carbonyl (C=O) groups excluding carboxylic acids is 1. The van der Waals surface area contributed by atoms with Gasteiger partial charge in [-0.15, -0.1) is 0 Å². The average molecular weight is 491 g/mol. The largest absolute Gasteiger partial charge is 0.507 e. The molecule has 160 valence electrons. The number of aromatic nitrogens is 2. The summed E-state index contributed by atoms with van der Waals surface area (Å²) in [6, 6.07) is 24.0. The fourth-order valence-electron chi connectivity index (χ4n) is 2.92. The number of phenolic OH excluding ortho intramolecular Hbond substituents is 1. The minimum absolute atomic E-state index is 0.0596. The number of nitrogens with one attached hydrogen (secondary N) is 2. The summed E-state index contributed by atoms with van der Waals surface area (Å²) in [5, 5.41) is 20.7. The number of hydrogen-bond acceptors (Lipinski definition) is 5. The summed E-state index contributed by atoms with van der Waals surface area (Å²) in [4.78, 5) is 12.4. The van der Waals surface area contributed by atoms with Crippen LogP contribution in [0.1, 0.15) is 21.6 Å². The van der Waals surface area contributed by atoms with Crippen LogP contribution in [-0.4, -0.2) is 27.4 Å². The van der Waals surface area contributed by atoms with Crippen molar-refractivity contribution in [3.05, 3.63) is 100 Å². The van der Waals surface area contributed by atoms with E-state index in [1.807, 2.05) is 54.6 Å². The fourth-order valence-corrected chi connectivity index (χ4v) is 3.30. The second-order valence-corrected chi connectivity index (χ2v) is 7.79. The van der Waals surface area contributed by atoms with E-state index in [1.165, 1.54) is 12.3 Å². The summed E-state index contributed by atoms with van der Waals surface area (Å²) in [7, 11) is 0. The Morgan fingerprint density at radius 1 is 1.09 bits per heavy atom. The van der Waals surface area contributed by atoms with Crippen LogP contribution in [0.3, 0.4) is 0 Å². The van der Waals surface area contributed by atoms with Crippen LogP contribution in [0.5, 0.6) is 11.5 Å². The van der Waals surface area contributed by atoms with Crippen molar-refractivity contribution < 1.29 is 14.6 Å². The van der Waals surface area contributed by atoms with Crippen molar-refractivity contribution in [2.24, 2.45) is 5.10 Å². The Bertz CT molecular complexity index is 1260. The molecular formula is C24H19BrN4O3. The monoisotopic (exact) mass is 490 g/mol. The van der Waals surface area contributed by atoms with Crippen molar-refractivity contribution in [3.8, 4) is 22.8 Å². The number of hydrazone groups is 1. The number of carbonyl (C=O) groups is 1. The van der Waals surface area contributed by atoms with Crippen LogP contribution in [-0.2, 0) is 6.61 Å². The quantitative estimate of drug-likeness (QED) is 0.253. The lowest BCUT2D eigenvalue weighted by atomic mass is 10.1. The molecule has 0 fully saturated rings. The normalized spacial score (nSPS) is 10.9. The number of nitrogens with zero attached hydrogens (tertiary/aromatic N) is 2. The number of aromatic hydroxyl groups is 1. The first-order valence-corrected chi connectivity index (χ1v) is 10.5. The third kappa shape index (κ3) is 5.41. The average Bonchev–Trinajstić information content (AvgIpc) is 3.31. The number of hydrogen-bond donors (Lipinski definition) is 3. The van der Waals surface area contributed by atoms with Gasteiger partial charge in [0.1, 0.15) is 23.8 Å². The summed E-state index contributed by atoms with van der Waals surface area (Å²) >= 11 is 3.32. The van der Waals surface area contributed by atoms with Crippen LogP contribution in [0.4, 0.5) is 0 Å². The number of benzene rings is 3. The summed E-state index contributed by atoms with van der Waals surface area (Å²) in [5.74, 6) is 0.314. The molecule has 1 heterocycles. The van der Waals surface area contributed by atoms with Gasteiger partial charge in [0.05, 0.1) is 11.9 Å². The molecule has 0 aliphatic heterocycles. The number of H-pyrrole nitrogens is 1. The number of halogens is 1. The third-order valence-corrected chi connectivity index (χ3v) is 5.05. The Morgan fingerprint density at radius 3 is 2.78 bits per heavy atom. The van der Waals surface area contributed by atoms with Crippen LogP contribution in [0.25, 0.3) is 11.3 Å². The zero-order chi connectivity index (χ0) is 22.3. The molecule has 0 bridgehead atoms. The summed E-state index contributed by atoms with van der Waals surface area (Å²) in [6.45, 7) is 0.462. The minimum Gasteiger partial charge on any atom is -0.507 e. The highest BCUT2D eigenvalue weighted by Gasteiger charge is 2.11. The van der Waals surface area contributed by atoms with Gasteiger partial charge in [0.15, 0.2) is 0 Å². The van der Waals surface area contributed by atoms with Crippen molar-refractivity contribution in [2.45, 2.75) is 6.61 Å². The molecule has 0 spiro atoms. The van der Waals surface area contributed by atoms with E-state index in [0.29, 0.717) is 23.6 Å². The van der Waals surface area contributed by atoms with Gasteiger partial charge in [0.25, 0.3) is 5.91 Å². The van der Waals surface area contributed by atoms with Crippen molar-refractivity contribution in [3.63, 3.8) is 0 Å². The van der Waals surface area contributed by atoms with Gasteiger partial charge >= 0.3 is 0 Å². The number of rotatable bonds is 7. The lowest BCUT2D eigenvalue weighted by molar-refractivity contribution is 0.0950. The fraction of sp³-hybridized carbons (Fsp3) is 0.0417. The molecule has 0 saturated heterocycles. The summed E-state index contributed by atoms with van der Waals surface area (Å²) in [5.41, 5.74) is 5.64. The first kappa shape index (κ1) is 21.3. The molecule has 0 unspecified atom stereocenters. The number of amides is 1. The van der Waals surface area contributed by atoms with Crippen LogP contribution in [0, 0.1) is 0 Å². The van der Waals surface area contributed by atoms with Gasteiger partial charge in [-0.1, -0.05) is 58.4 Å². The molecule has 4 aromatic rings. The summed E-state index contributed by atoms with van der Waals surface area (Å²) < 4.78 is 6.65. The Labute approximate surface area is 192 Å². The van der Waals surface area contributed by atoms with Crippen LogP contribution in [0.2, 0.25) is 0 Å². The van der Waals surface area contributed by atoms with Crippen molar-refractivity contribution in [1.82, 2.24) is 15.6 Å². The smallest absolute Gasteiger partial charge is 0.289 e. The molecule has 32 heavy (non-hydrogen) atoms. The first-order valence-electron chi connectivity index (χ1n) is 9.73. The zero-order valence-electron chi connectivity index (χ0n) is 16.8. The van der Waals surface area contributed by atoms with E-state index in [9.17, 15) is 9.90 Å². The molecule has 8 heteroatoms. The van der Waals surface area contributed by atoms with E-state index in [2.05, 4.69) is 36.7 Å². The highest BCUT2D eigenvalue weighted by atomic mass is 79.9. The molecule has 0 aliphatic rings. The molecule has 3 aromatic carbocycles. The lowest BCUT2D eigenvalue weighted by Gasteiger charge is -2.07. The summed E-state index contributed by atoms with van der Waals surface area (Å²) in [6.07, 6.45) is 1.36. The van der Waals surface area contributed by atoms with Gasteiger partial charge < -0.3 is 9.84 Å². The van der Waals surface area contributed by atoms with E-state index >= 15 is 0 Å². The van der Waals surface area contributed by atoms with Gasteiger partial charge in [0, 0.05) is 15.6 Å². The van der Waals surface area contributed by atoms with Gasteiger partial charge in [-0.25, -0.2) is 5.43 Å². The number of ether oxygens (including phenoxy) is 1. The second kappa shape index (κ2) is 9.93. The molecule has 1 amide bonds. The van der Waals surface area contributed by atoms with Crippen molar-refractivity contribution >= 4 is 28.1 Å². The van der Waals surface area contributed by atoms with Gasteiger partial charge in [-0.2, -0.15) is 10.2 Å². The minimum atomic E-state index is -0.453. The highest BCUT2D eigenvalue weighted by molar-refractivity contribution is 9.10. The maximum Gasteiger partial charge on any atom is 0.289 e. The van der Waals surface area contributed by atoms with E-state index in [4.69, 9.17) is 4.74 Å². The van der Waals surface area contributed by atoms with Gasteiger partial charge in [0.2, 0.25) is 0 Å². The third-order valence-electron chi connectivity index (χ3n) is 4.56. The molecule has 1 aromatic heterocycles. The molecule has 0 atom stereocenters. The Balaban J connectivity index is 1.40. The van der Waals surface area contributed by atoms with E-state index in [1.54, 1.807) is 18.2 Å². The van der Waals surface area contributed by atoms with E-state index in [0.717, 1.165) is 15.6 Å². The molecule has 0 radical (unpaired) electrons. The Kier molecular flexibility index (Phi) is 6.62. The molecule has 7 nitrogen and oxygen atoms in total. The van der Waals surface area contributed by atoms with Crippen molar-refractivity contribution in [1.29, 1.82) is 0 Å². The second-order valence-electron chi connectivity index (χ2n) is 6.87. The maximum absolute atomic E-state index is 12.4. The zero-order valence-corrected chi connectivity index (χ0v) is 18.4. The predicted molar refractivity (Wildman–Crippen MR) is 126 cm³/mol. The van der Waals surface area contributed by atoms with Crippen LogP contribution >= 0.6 is 15.9 Å². The molecular weight excluding hydrogens is 472 g/mol. The lowest BCUT2D eigenvalue weighted by Crippen LogP contribution is -2.18. The Hall–Kier alpha value is -3.91. The van der Waals surface area contributed by atoms with Crippen LogP contribution < -0.4 is 10.2 Å². The maximum atomic E-state index is 12.4. The van der Waals surface area contributed by atoms with Gasteiger partial charge in [-0.3, -0.25) is 9.89 Å². The first-order chi connectivity index (χ1) is 15.6. The standard InChI is InChI=1S/C24H19BrN4O3/c25-19-9-10-23(30)18(11-19)14-26-29-24(31)22-13-21(27-28-22)17-7-4-8-20(12-17)32-15-16-5-2-1-3-6-16/h1-14,30H,15H2,(H,27,28)(H,29,31)/b26-14-. The predicted octanol–water partition coefficient (Wildman–Crippen LogP) is 4.89. The van der Waals surface area contributed by atoms with Gasteiger partial charge in [-0.05, 0) is 42.0 Å². The molecule has 0 saturated carbocycles. The van der Waals surface area contributed by atoms with Crippen molar-refractivity contribution in [2.75, 3.05) is 0 Å². The SMILES string of the molecule is O=C(N/N=C\c1cc(Br)ccc1O)c1cc(-c2cccc(OCc3ccccc3)c2)n[nH]1. The molecule has 0 aliphatic carbocycles. The number of phenols is 1. The molecule has 4 rings (SSSR count). The highest BCUT2D eigenvalue weighted by Crippen LogP contribution is 2.24.